The van der Waals surface area contributed by atoms with E-state index in [4.69, 9.17) is 22.2 Å². The summed E-state index contributed by atoms with van der Waals surface area (Å²) in [6.07, 6.45) is 13.3. The van der Waals surface area contributed by atoms with Crippen molar-refractivity contribution >= 4 is 96.5 Å². The zero-order chi connectivity index (χ0) is 37.1. The summed E-state index contributed by atoms with van der Waals surface area (Å²) in [6, 6.07) is 7.45. The molecule has 0 amide bonds. The normalized spacial score (nSPS) is 15.5. The number of methoxy groups -OCH3 is 1. The van der Waals surface area contributed by atoms with E-state index in [0.29, 0.717) is 39.1 Å². The molecule has 0 bridgehead atoms. The Labute approximate surface area is 322 Å². The van der Waals surface area contributed by atoms with Crippen molar-refractivity contribution < 1.29 is 22.3 Å². The molecule has 0 saturated carbocycles. The van der Waals surface area contributed by atoms with Crippen molar-refractivity contribution in [3.05, 3.63) is 100 Å². The lowest BCUT2D eigenvalue weighted by atomic mass is 9.95. The molecule has 13 heteroatoms. The number of carbonyl (C=O) groups is 1. The van der Waals surface area contributed by atoms with Crippen LogP contribution in [0.15, 0.2) is 83.8 Å². The van der Waals surface area contributed by atoms with E-state index < -0.39 is 21.8 Å². The van der Waals surface area contributed by atoms with E-state index in [0.717, 1.165) is 5.56 Å². The summed E-state index contributed by atoms with van der Waals surface area (Å²) in [7, 11) is -1.02. The number of nitrogens with zero attached hydrogens (tertiary/aromatic N) is 3. The van der Waals surface area contributed by atoms with Gasteiger partial charge in [0, 0.05) is 35.0 Å². The third-order valence-electron chi connectivity index (χ3n) is 7.73. The summed E-state index contributed by atoms with van der Waals surface area (Å²) >= 11 is 10.5. The summed E-state index contributed by atoms with van der Waals surface area (Å²) in [5.74, 6) is 4.63. The van der Waals surface area contributed by atoms with Crippen molar-refractivity contribution in [2.75, 3.05) is 25.8 Å². The van der Waals surface area contributed by atoms with Gasteiger partial charge >= 0.3 is 5.97 Å². The molecule has 1 aromatic heterocycles. The first kappa shape index (κ1) is 42.5. The monoisotopic (exact) mass is 936 g/mol. The summed E-state index contributed by atoms with van der Waals surface area (Å²) in [6.45, 7) is 12.7. The third kappa shape index (κ3) is 10.9. The van der Waals surface area contributed by atoms with E-state index in [2.05, 4.69) is 56.9 Å². The number of rotatable bonds is 14. The Kier molecular flexibility index (Phi) is 17.0. The van der Waals surface area contributed by atoms with Crippen LogP contribution in [-0.4, -0.2) is 56.8 Å². The van der Waals surface area contributed by atoms with E-state index in [9.17, 15) is 17.6 Å². The first-order valence-electron chi connectivity index (χ1n) is 15.3. The zero-order valence-electron chi connectivity index (χ0n) is 28.8. The van der Waals surface area contributed by atoms with Crippen LogP contribution in [0.3, 0.4) is 0 Å². The molecule has 1 aromatic carbocycles. The molecule has 2 unspecified atom stereocenters. The molecule has 8 nitrogen and oxygen atoms in total. The SMILES string of the molecule is C=C(F)/C=c1/c(/C(=C/C)N(C)/C(C)=N\N)c(-c2cccc(C(C)/C=C\C(=C/CCl)C(=O)OC)c2)n(S(=O)(=O)C/C=C\C(C)C(I)I)/c1=C/C. The van der Waals surface area contributed by atoms with Crippen LogP contribution >= 0.6 is 56.8 Å². The fourth-order valence-corrected chi connectivity index (χ4v) is 7.17. The number of allylic oxidation sites excluding steroid dienone is 5. The number of esters is 1. The smallest absolute Gasteiger partial charge is 0.337 e. The Morgan fingerprint density at radius 1 is 1.24 bits per heavy atom. The van der Waals surface area contributed by atoms with Crippen molar-refractivity contribution in [3.8, 4) is 11.3 Å². The summed E-state index contributed by atoms with van der Waals surface area (Å²) in [4.78, 5) is 14.0. The Bertz CT molecular complexity index is 1910. The second-order valence-corrected chi connectivity index (χ2v) is 18.3. The average Bonchev–Trinajstić information content (AvgIpc) is 3.39. The number of amidine groups is 1. The maximum Gasteiger partial charge on any atom is 0.337 e. The Morgan fingerprint density at radius 3 is 2.45 bits per heavy atom. The average molecular weight is 937 g/mol. The van der Waals surface area contributed by atoms with E-state index in [1.807, 2.05) is 50.3 Å². The summed E-state index contributed by atoms with van der Waals surface area (Å²) in [5, 5.41) is 4.47. The lowest BCUT2D eigenvalue weighted by Gasteiger charge is -2.23. The second kappa shape index (κ2) is 19.6. The van der Waals surface area contributed by atoms with Gasteiger partial charge in [-0.3, -0.25) is 0 Å². The van der Waals surface area contributed by atoms with Gasteiger partial charge in [-0.15, -0.1) is 11.6 Å². The highest BCUT2D eigenvalue weighted by molar-refractivity contribution is 14.2. The Hall–Kier alpha value is -2.69. The lowest BCUT2D eigenvalue weighted by Crippen LogP contribution is -2.35. The van der Waals surface area contributed by atoms with Gasteiger partial charge < -0.3 is 15.5 Å². The minimum absolute atomic E-state index is 0.134. The van der Waals surface area contributed by atoms with Gasteiger partial charge in [0.2, 0.25) is 10.0 Å². The van der Waals surface area contributed by atoms with Gasteiger partial charge in [0.25, 0.3) is 0 Å². The van der Waals surface area contributed by atoms with Gasteiger partial charge in [0.15, 0.2) is 0 Å². The van der Waals surface area contributed by atoms with Crippen molar-refractivity contribution in [1.82, 2.24) is 8.87 Å². The molecule has 0 aliphatic carbocycles. The van der Waals surface area contributed by atoms with Crippen LogP contribution in [0.25, 0.3) is 29.1 Å². The van der Waals surface area contributed by atoms with Gasteiger partial charge in [0.05, 0.1) is 31.4 Å². The van der Waals surface area contributed by atoms with Crippen molar-refractivity contribution in [1.29, 1.82) is 0 Å². The van der Waals surface area contributed by atoms with Gasteiger partial charge in [0.1, 0.15) is 11.7 Å². The Morgan fingerprint density at radius 2 is 1.92 bits per heavy atom. The quantitative estimate of drug-likeness (QED) is 0.0203. The minimum Gasteiger partial charge on any atom is -0.465 e. The molecule has 0 aliphatic heterocycles. The van der Waals surface area contributed by atoms with E-state index >= 15 is 0 Å². The fraction of sp³-hybridized carbons (Fsp3) is 0.333. The van der Waals surface area contributed by atoms with Crippen LogP contribution in [0.1, 0.15) is 51.7 Å². The zero-order valence-corrected chi connectivity index (χ0v) is 34.6. The third-order valence-corrected chi connectivity index (χ3v) is 11.7. The van der Waals surface area contributed by atoms with Crippen LogP contribution < -0.4 is 16.4 Å². The van der Waals surface area contributed by atoms with Crippen molar-refractivity contribution in [2.24, 2.45) is 16.9 Å². The minimum atomic E-state index is -4.07. The highest BCUT2D eigenvalue weighted by Crippen LogP contribution is 2.32. The summed E-state index contributed by atoms with van der Waals surface area (Å²) < 4.78 is 50.1. The van der Waals surface area contributed by atoms with E-state index in [1.54, 1.807) is 63.1 Å². The van der Waals surface area contributed by atoms with Crippen LogP contribution in [0.4, 0.5) is 4.39 Å². The fourth-order valence-electron chi connectivity index (χ4n) is 5.04. The molecular weight excluding hydrogens is 893 g/mol. The predicted molar refractivity (Wildman–Crippen MR) is 220 cm³/mol. The summed E-state index contributed by atoms with van der Waals surface area (Å²) in [5.41, 5.74) is 3.07. The largest absolute Gasteiger partial charge is 0.465 e. The molecule has 0 radical (unpaired) electrons. The maximum atomic E-state index is 14.8. The van der Waals surface area contributed by atoms with Crippen molar-refractivity contribution in [2.45, 2.75) is 42.5 Å². The van der Waals surface area contributed by atoms with Gasteiger partial charge in [-0.1, -0.05) is 126 Å². The predicted octanol–water partition coefficient (Wildman–Crippen LogP) is 7.37. The van der Waals surface area contributed by atoms with Gasteiger partial charge in [-0.05, 0) is 50.3 Å². The molecule has 0 fully saturated rings. The number of hydrogen-bond acceptors (Lipinski definition) is 6. The number of halogens is 4. The van der Waals surface area contributed by atoms with Gasteiger partial charge in [-0.2, -0.15) is 5.10 Å². The molecule has 266 valence electrons. The van der Waals surface area contributed by atoms with Crippen LogP contribution in [0.2, 0.25) is 0 Å². The number of aromatic nitrogens is 1. The Balaban J connectivity index is 3.12. The number of ether oxygens (including phenoxy) is 1. The highest BCUT2D eigenvalue weighted by Gasteiger charge is 2.28. The topological polar surface area (TPSA) is 107 Å². The number of carbonyl (C=O) groups excluding carboxylic acids is 1. The second-order valence-electron chi connectivity index (χ2n) is 11.1. The molecule has 2 atom stereocenters. The molecule has 1 heterocycles. The molecule has 49 heavy (non-hydrogen) atoms. The standard InChI is InChI=1S/C36H44ClFI2N4O4S/c1-9-31-30(21-25(5)38)33(32(10-2)43(7)26(6)42-41)34(44(31)49(46,47)20-12-13-24(4)35(39)40)29-15-11-14-28(22-29)23(3)16-17-27(18-19-37)36(45)48-8/h9-18,21-24,35H,5,19-20,41H2,1-4,6-8H3/b13-12-,17-16-,27-18+,30-21+,31-9+,32-10-,42-26-. The number of hydrogen-bond donors (Lipinski definition) is 1. The maximum absolute atomic E-state index is 14.8. The van der Waals surface area contributed by atoms with E-state index in [-0.39, 0.29) is 30.7 Å². The van der Waals surface area contributed by atoms with Crippen LogP contribution in [0.5, 0.6) is 0 Å². The highest BCUT2D eigenvalue weighted by atomic mass is 127. The first-order valence-corrected chi connectivity index (χ1v) is 20.0. The molecule has 2 rings (SSSR count). The molecule has 2 N–H and O–H groups in total. The van der Waals surface area contributed by atoms with Crippen LogP contribution in [-0.2, 0) is 19.6 Å². The number of nitrogens with two attached hydrogens (primary N) is 1. The molecule has 2 aromatic rings. The van der Waals surface area contributed by atoms with E-state index in [1.165, 1.54) is 17.2 Å². The van der Waals surface area contributed by atoms with Crippen molar-refractivity contribution in [3.63, 3.8) is 0 Å². The molecule has 0 spiro atoms. The number of alkyl halides is 3. The van der Waals surface area contributed by atoms with Crippen LogP contribution in [0, 0.1) is 5.92 Å². The van der Waals surface area contributed by atoms with Gasteiger partial charge in [-0.25, -0.2) is 21.6 Å². The molecular formula is C36H44ClFI2N4O4S. The number of benzene rings is 1. The number of hydrazone groups is 1. The first-order chi connectivity index (χ1) is 23.1. The molecule has 0 saturated heterocycles. The molecule has 0 aliphatic rings. The lowest BCUT2D eigenvalue weighted by molar-refractivity contribution is -0.135.